The third kappa shape index (κ3) is 4.89. The van der Waals surface area contributed by atoms with Gasteiger partial charge in [0.1, 0.15) is 12.7 Å². The molecule has 0 unspecified atom stereocenters. The fourth-order valence-electron chi connectivity index (χ4n) is 4.82. The van der Waals surface area contributed by atoms with Crippen molar-refractivity contribution in [1.29, 1.82) is 0 Å². The van der Waals surface area contributed by atoms with Gasteiger partial charge in [-0.2, -0.15) is 5.21 Å². The van der Waals surface area contributed by atoms with Crippen molar-refractivity contribution < 1.29 is 4.79 Å². The standard InChI is InChI=1S/C28H24ClN9O/c1-18-7-11-24-22(13-18)26(27-33-35-36-34-27)25(12-8-19-5-3-2-4-6-19)38(24)15-30-28(39)21-10-9-20(14-23(21)29)37-16-31-32-17-37/h2-7,9-11,13-14,16-17H,8,12,15H2,1H3,(H,30,39)(H,33,34,35,36). The third-order valence-electron chi connectivity index (χ3n) is 6.70. The fraction of sp³-hybridized carbons (Fsp3) is 0.143. The van der Waals surface area contributed by atoms with E-state index < -0.39 is 0 Å². The molecule has 2 N–H and O–H groups in total. The molecule has 194 valence electrons. The molecule has 3 heterocycles. The van der Waals surface area contributed by atoms with Crippen molar-refractivity contribution >= 4 is 28.4 Å². The minimum atomic E-state index is -0.278. The second kappa shape index (κ2) is 10.5. The van der Waals surface area contributed by atoms with E-state index in [1.54, 1.807) is 35.4 Å². The first-order valence-electron chi connectivity index (χ1n) is 12.4. The van der Waals surface area contributed by atoms with Crippen molar-refractivity contribution in [3.05, 3.63) is 107 Å². The molecule has 0 saturated carbocycles. The van der Waals surface area contributed by atoms with E-state index >= 15 is 0 Å². The predicted octanol–water partition coefficient (Wildman–Crippen LogP) is 4.54. The van der Waals surface area contributed by atoms with Gasteiger partial charge in [0.25, 0.3) is 5.91 Å². The number of H-pyrrole nitrogens is 1. The highest BCUT2D eigenvalue weighted by molar-refractivity contribution is 6.34. The molecule has 0 aliphatic carbocycles. The molecule has 3 aromatic heterocycles. The van der Waals surface area contributed by atoms with Crippen LogP contribution in [0.25, 0.3) is 28.0 Å². The number of fused-ring (bicyclic) bond motifs is 1. The number of aryl methyl sites for hydroxylation is 2. The molecular formula is C28H24ClN9O. The molecular weight excluding hydrogens is 514 g/mol. The summed E-state index contributed by atoms with van der Waals surface area (Å²) in [7, 11) is 0. The molecule has 0 atom stereocenters. The average Bonchev–Trinajstić information content (AvgIpc) is 3.72. The topological polar surface area (TPSA) is 119 Å². The van der Waals surface area contributed by atoms with E-state index in [9.17, 15) is 4.79 Å². The maximum absolute atomic E-state index is 13.3. The summed E-state index contributed by atoms with van der Waals surface area (Å²) in [4.78, 5) is 13.3. The summed E-state index contributed by atoms with van der Waals surface area (Å²) in [5.74, 6) is 0.241. The van der Waals surface area contributed by atoms with Gasteiger partial charge in [-0.1, -0.05) is 53.6 Å². The summed E-state index contributed by atoms with van der Waals surface area (Å²) >= 11 is 6.51. The highest BCUT2D eigenvalue weighted by Gasteiger charge is 2.22. The Labute approximate surface area is 228 Å². The molecule has 11 heteroatoms. The Bertz CT molecular complexity index is 1740. The zero-order valence-corrected chi connectivity index (χ0v) is 21.8. The molecule has 0 spiro atoms. The van der Waals surface area contributed by atoms with Crippen LogP contribution < -0.4 is 5.32 Å². The Hall–Kier alpha value is -4.83. The van der Waals surface area contributed by atoms with E-state index in [0.717, 1.165) is 39.8 Å². The number of benzene rings is 3. The lowest BCUT2D eigenvalue weighted by Crippen LogP contribution is -2.27. The van der Waals surface area contributed by atoms with Crippen LogP contribution in [0.5, 0.6) is 0 Å². The number of nitrogens with one attached hydrogen (secondary N) is 2. The van der Waals surface area contributed by atoms with Crippen molar-refractivity contribution in [2.45, 2.75) is 26.4 Å². The van der Waals surface area contributed by atoms with Crippen LogP contribution in [-0.2, 0) is 19.5 Å². The zero-order valence-electron chi connectivity index (χ0n) is 21.0. The summed E-state index contributed by atoms with van der Waals surface area (Å²) in [6.07, 6.45) is 4.67. The van der Waals surface area contributed by atoms with Gasteiger partial charge in [-0.05, 0) is 60.9 Å². The van der Waals surface area contributed by atoms with Crippen molar-refractivity contribution in [3.8, 4) is 17.1 Å². The molecule has 0 radical (unpaired) electrons. The summed E-state index contributed by atoms with van der Waals surface area (Å²) in [6.45, 7) is 2.29. The molecule has 0 bridgehead atoms. The van der Waals surface area contributed by atoms with Gasteiger partial charge in [-0.3, -0.25) is 9.36 Å². The van der Waals surface area contributed by atoms with Crippen LogP contribution in [0.1, 0.15) is 27.2 Å². The molecule has 39 heavy (non-hydrogen) atoms. The number of aromatic nitrogens is 8. The smallest absolute Gasteiger partial charge is 0.254 e. The Morgan fingerprint density at radius 3 is 2.56 bits per heavy atom. The van der Waals surface area contributed by atoms with Crippen molar-refractivity contribution in [2.75, 3.05) is 0 Å². The Morgan fingerprint density at radius 2 is 1.82 bits per heavy atom. The largest absolute Gasteiger partial charge is 0.334 e. The number of carbonyl (C=O) groups excluding carboxylic acids is 1. The minimum Gasteiger partial charge on any atom is -0.334 e. The van der Waals surface area contributed by atoms with Crippen LogP contribution in [0, 0.1) is 6.92 Å². The van der Waals surface area contributed by atoms with E-state index in [2.05, 4.69) is 71.0 Å². The number of nitrogens with zero attached hydrogens (tertiary/aromatic N) is 7. The van der Waals surface area contributed by atoms with Crippen LogP contribution in [0.3, 0.4) is 0 Å². The van der Waals surface area contributed by atoms with Gasteiger partial charge >= 0.3 is 0 Å². The molecule has 10 nitrogen and oxygen atoms in total. The lowest BCUT2D eigenvalue weighted by Gasteiger charge is -2.14. The normalized spacial score (nSPS) is 11.2. The van der Waals surface area contributed by atoms with Gasteiger partial charge in [0, 0.05) is 16.8 Å². The maximum Gasteiger partial charge on any atom is 0.254 e. The van der Waals surface area contributed by atoms with E-state index in [4.69, 9.17) is 11.6 Å². The Balaban J connectivity index is 1.35. The highest BCUT2D eigenvalue weighted by Crippen LogP contribution is 2.34. The Morgan fingerprint density at radius 1 is 1.00 bits per heavy atom. The molecule has 0 fully saturated rings. The lowest BCUT2D eigenvalue weighted by atomic mass is 10.0. The SMILES string of the molecule is Cc1ccc2c(c1)c(-c1nn[nH]n1)c(CCc1ccccc1)n2CNC(=O)c1ccc(-n2cnnc2)cc1Cl. The summed E-state index contributed by atoms with van der Waals surface area (Å²) in [6, 6.07) is 21.8. The number of aromatic amines is 1. The molecule has 3 aromatic carbocycles. The summed E-state index contributed by atoms with van der Waals surface area (Å²) in [5, 5.41) is 27.0. The van der Waals surface area contributed by atoms with Gasteiger partial charge < -0.3 is 9.88 Å². The Kier molecular flexibility index (Phi) is 6.60. The fourth-order valence-corrected chi connectivity index (χ4v) is 5.08. The van der Waals surface area contributed by atoms with E-state index in [1.165, 1.54) is 5.56 Å². The number of rotatable bonds is 8. The monoisotopic (exact) mass is 537 g/mol. The summed E-state index contributed by atoms with van der Waals surface area (Å²) < 4.78 is 3.83. The van der Waals surface area contributed by atoms with Crippen LogP contribution in [-0.4, -0.2) is 45.9 Å². The van der Waals surface area contributed by atoms with E-state index in [-0.39, 0.29) is 12.6 Å². The maximum atomic E-state index is 13.3. The quantitative estimate of drug-likeness (QED) is 0.294. The molecule has 1 amide bonds. The van der Waals surface area contributed by atoms with E-state index in [0.29, 0.717) is 22.8 Å². The van der Waals surface area contributed by atoms with Crippen molar-refractivity contribution in [2.24, 2.45) is 0 Å². The van der Waals surface area contributed by atoms with Crippen LogP contribution in [0.2, 0.25) is 5.02 Å². The number of tetrazole rings is 1. The number of amides is 1. The first-order valence-corrected chi connectivity index (χ1v) is 12.8. The molecule has 6 rings (SSSR count). The molecule has 0 saturated heterocycles. The van der Waals surface area contributed by atoms with Gasteiger partial charge in [0.2, 0.25) is 5.82 Å². The first kappa shape index (κ1) is 24.5. The van der Waals surface area contributed by atoms with Gasteiger partial charge in [0.05, 0.1) is 28.3 Å². The second-order valence-corrected chi connectivity index (χ2v) is 9.60. The third-order valence-corrected chi connectivity index (χ3v) is 7.01. The number of carbonyl (C=O) groups is 1. The average molecular weight is 538 g/mol. The zero-order chi connectivity index (χ0) is 26.8. The first-order chi connectivity index (χ1) is 19.1. The lowest BCUT2D eigenvalue weighted by molar-refractivity contribution is 0.0942. The minimum absolute atomic E-state index is 0.240. The number of hydrogen-bond donors (Lipinski definition) is 2. The number of halogens is 1. The van der Waals surface area contributed by atoms with Gasteiger partial charge in [0.15, 0.2) is 0 Å². The summed E-state index contributed by atoms with van der Waals surface area (Å²) in [5.41, 5.74) is 6.36. The van der Waals surface area contributed by atoms with Crippen LogP contribution in [0.15, 0.2) is 79.4 Å². The van der Waals surface area contributed by atoms with E-state index in [1.807, 2.05) is 25.1 Å². The predicted molar refractivity (Wildman–Crippen MR) is 148 cm³/mol. The second-order valence-electron chi connectivity index (χ2n) is 9.19. The van der Waals surface area contributed by atoms with Crippen LogP contribution >= 0.6 is 11.6 Å². The molecule has 0 aliphatic rings. The molecule has 6 aromatic rings. The highest BCUT2D eigenvalue weighted by atomic mass is 35.5. The van der Waals surface area contributed by atoms with Crippen molar-refractivity contribution in [3.63, 3.8) is 0 Å². The van der Waals surface area contributed by atoms with Crippen molar-refractivity contribution in [1.82, 2.24) is 45.3 Å². The van der Waals surface area contributed by atoms with Gasteiger partial charge in [-0.15, -0.1) is 20.4 Å². The van der Waals surface area contributed by atoms with Gasteiger partial charge in [-0.25, -0.2) is 0 Å². The number of hydrogen-bond acceptors (Lipinski definition) is 6. The molecule has 0 aliphatic heterocycles. The van der Waals surface area contributed by atoms with Crippen LogP contribution in [0.4, 0.5) is 0 Å².